The SMILES string of the molecule is CN1CCCCC1CCOc1ccc2c(c1)OC(c1ccccc1)CC2=O. The number of benzene rings is 2. The van der Waals surface area contributed by atoms with E-state index in [9.17, 15) is 4.79 Å². The van der Waals surface area contributed by atoms with Crippen molar-refractivity contribution >= 4 is 5.78 Å². The summed E-state index contributed by atoms with van der Waals surface area (Å²) in [5.74, 6) is 1.53. The minimum absolute atomic E-state index is 0.125. The van der Waals surface area contributed by atoms with Gasteiger partial charge in [0, 0.05) is 12.1 Å². The minimum atomic E-state index is -0.225. The number of hydrogen-bond acceptors (Lipinski definition) is 4. The lowest BCUT2D eigenvalue weighted by Crippen LogP contribution is -2.37. The van der Waals surface area contributed by atoms with Crippen LogP contribution < -0.4 is 9.47 Å². The van der Waals surface area contributed by atoms with Crippen molar-refractivity contribution in [2.24, 2.45) is 0 Å². The second-order valence-electron chi connectivity index (χ2n) is 7.57. The highest BCUT2D eigenvalue weighted by Gasteiger charge is 2.28. The molecule has 27 heavy (non-hydrogen) atoms. The summed E-state index contributed by atoms with van der Waals surface area (Å²) in [7, 11) is 2.20. The fourth-order valence-electron chi connectivity index (χ4n) is 4.07. The third-order valence-corrected chi connectivity index (χ3v) is 5.71. The summed E-state index contributed by atoms with van der Waals surface area (Å²) in [6, 6.07) is 16.1. The molecule has 2 aliphatic rings. The van der Waals surface area contributed by atoms with E-state index in [1.54, 1.807) is 0 Å². The Morgan fingerprint density at radius 1 is 1.15 bits per heavy atom. The molecule has 0 amide bonds. The molecule has 4 nitrogen and oxygen atoms in total. The lowest BCUT2D eigenvalue weighted by molar-refractivity contribution is 0.0849. The molecule has 0 aliphatic carbocycles. The molecule has 0 aromatic heterocycles. The number of ketones is 1. The average Bonchev–Trinajstić information content (AvgIpc) is 2.70. The maximum atomic E-state index is 12.5. The van der Waals surface area contributed by atoms with E-state index in [1.165, 1.54) is 25.8 Å². The van der Waals surface area contributed by atoms with E-state index in [2.05, 4.69) is 11.9 Å². The fourth-order valence-corrected chi connectivity index (χ4v) is 4.07. The van der Waals surface area contributed by atoms with Gasteiger partial charge in [-0.15, -0.1) is 0 Å². The van der Waals surface area contributed by atoms with Crippen LogP contribution in [0.15, 0.2) is 48.5 Å². The van der Waals surface area contributed by atoms with E-state index < -0.39 is 0 Å². The van der Waals surface area contributed by atoms with Gasteiger partial charge in [0.25, 0.3) is 0 Å². The number of carbonyl (C=O) groups excluding carboxylic acids is 1. The zero-order valence-electron chi connectivity index (χ0n) is 15.9. The zero-order valence-corrected chi connectivity index (χ0v) is 15.9. The normalized spacial score (nSPS) is 22.8. The first-order chi connectivity index (χ1) is 13.2. The third kappa shape index (κ3) is 4.16. The molecule has 142 valence electrons. The lowest BCUT2D eigenvalue weighted by Gasteiger charge is -2.32. The Labute approximate surface area is 161 Å². The molecule has 4 heteroatoms. The van der Waals surface area contributed by atoms with Crippen molar-refractivity contribution in [1.29, 1.82) is 0 Å². The van der Waals surface area contributed by atoms with Crippen LogP contribution in [-0.4, -0.2) is 36.9 Å². The Morgan fingerprint density at radius 2 is 2.00 bits per heavy atom. The Kier molecular flexibility index (Phi) is 5.44. The fraction of sp³-hybridized carbons (Fsp3) is 0.435. The van der Waals surface area contributed by atoms with Crippen LogP contribution in [-0.2, 0) is 0 Å². The topological polar surface area (TPSA) is 38.8 Å². The van der Waals surface area contributed by atoms with E-state index in [-0.39, 0.29) is 11.9 Å². The molecule has 0 radical (unpaired) electrons. The molecule has 2 unspecified atom stereocenters. The summed E-state index contributed by atoms with van der Waals surface area (Å²) >= 11 is 0. The number of nitrogens with zero attached hydrogens (tertiary/aromatic N) is 1. The number of hydrogen-bond donors (Lipinski definition) is 0. The first kappa shape index (κ1) is 18.1. The van der Waals surface area contributed by atoms with E-state index in [4.69, 9.17) is 9.47 Å². The Bertz CT molecular complexity index is 789. The van der Waals surface area contributed by atoms with Gasteiger partial charge >= 0.3 is 0 Å². The quantitative estimate of drug-likeness (QED) is 0.773. The molecular formula is C23H27NO3. The van der Waals surface area contributed by atoms with E-state index >= 15 is 0 Å². The molecular weight excluding hydrogens is 338 g/mol. The van der Waals surface area contributed by atoms with Gasteiger partial charge in [-0.05, 0) is 50.6 Å². The van der Waals surface area contributed by atoms with Crippen LogP contribution >= 0.6 is 0 Å². The molecule has 2 aliphatic heterocycles. The van der Waals surface area contributed by atoms with Crippen molar-refractivity contribution in [1.82, 2.24) is 4.90 Å². The number of rotatable bonds is 5. The Hall–Kier alpha value is -2.33. The number of piperidine rings is 1. The highest BCUT2D eigenvalue weighted by molar-refractivity contribution is 6.00. The second kappa shape index (κ2) is 8.13. The average molecular weight is 365 g/mol. The number of carbonyl (C=O) groups is 1. The van der Waals surface area contributed by atoms with Gasteiger partial charge in [0.15, 0.2) is 5.78 Å². The van der Waals surface area contributed by atoms with Gasteiger partial charge in [-0.2, -0.15) is 0 Å². The maximum absolute atomic E-state index is 12.5. The summed E-state index contributed by atoms with van der Waals surface area (Å²) in [4.78, 5) is 14.9. The predicted molar refractivity (Wildman–Crippen MR) is 106 cm³/mol. The smallest absolute Gasteiger partial charge is 0.170 e. The molecule has 2 aromatic rings. The van der Waals surface area contributed by atoms with Crippen LogP contribution in [0.5, 0.6) is 11.5 Å². The molecule has 1 fully saturated rings. The van der Waals surface area contributed by atoms with Gasteiger partial charge in [-0.25, -0.2) is 0 Å². The molecule has 4 rings (SSSR count). The van der Waals surface area contributed by atoms with Crippen LogP contribution in [0.25, 0.3) is 0 Å². The van der Waals surface area contributed by atoms with E-state index in [0.29, 0.717) is 30.4 Å². The van der Waals surface area contributed by atoms with Gasteiger partial charge in [0.05, 0.1) is 18.6 Å². The van der Waals surface area contributed by atoms with Crippen molar-refractivity contribution in [3.05, 3.63) is 59.7 Å². The van der Waals surface area contributed by atoms with E-state index in [1.807, 2.05) is 48.5 Å². The Balaban J connectivity index is 1.41. The van der Waals surface area contributed by atoms with Crippen molar-refractivity contribution in [3.8, 4) is 11.5 Å². The predicted octanol–water partition coefficient (Wildman–Crippen LogP) is 4.65. The molecule has 2 heterocycles. The standard InChI is InChI=1S/C23H27NO3/c1-24-13-6-5-9-18(24)12-14-26-19-10-11-20-21(25)16-22(27-23(20)15-19)17-7-3-2-4-8-17/h2-4,7-8,10-11,15,18,22H,5-6,9,12-14,16H2,1H3. The molecule has 0 spiro atoms. The third-order valence-electron chi connectivity index (χ3n) is 5.71. The van der Waals surface area contributed by atoms with Crippen LogP contribution in [0.3, 0.4) is 0 Å². The molecule has 0 bridgehead atoms. The second-order valence-corrected chi connectivity index (χ2v) is 7.57. The van der Waals surface area contributed by atoms with Crippen LogP contribution in [0.4, 0.5) is 0 Å². The maximum Gasteiger partial charge on any atom is 0.170 e. The van der Waals surface area contributed by atoms with Crippen molar-refractivity contribution < 1.29 is 14.3 Å². The summed E-state index contributed by atoms with van der Waals surface area (Å²) < 4.78 is 12.1. The summed E-state index contributed by atoms with van der Waals surface area (Å²) in [6.07, 6.45) is 5.04. The highest BCUT2D eigenvalue weighted by Crippen LogP contribution is 2.37. The monoisotopic (exact) mass is 365 g/mol. The summed E-state index contributed by atoms with van der Waals surface area (Å²) in [6.45, 7) is 1.87. The summed E-state index contributed by atoms with van der Waals surface area (Å²) in [5, 5.41) is 0. The van der Waals surface area contributed by atoms with Crippen LogP contribution in [0, 0.1) is 0 Å². The van der Waals surface area contributed by atoms with Gasteiger partial charge < -0.3 is 14.4 Å². The van der Waals surface area contributed by atoms with Crippen molar-refractivity contribution in [2.45, 2.75) is 44.2 Å². The number of likely N-dealkylation sites (tertiary alicyclic amines) is 1. The largest absolute Gasteiger partial charge is 0.493 e. The number of ether oxygens (including phenoxy) is 2. The molecule has 0 saturated carbocycles. The van der Waals surface area contributed by atoms with Crippen LogP contribution in [0.2, 0.25) is 0 Å². The molecule has 2 aromatic carbocycles. The zero-order chi connectivity index (χ0) is 18.6. The van der Waals surface area contributed by atoms with E-state index in [0.717, 1.165) is 17.7 Å². The number of Topliss-reactive ketones (excluding diaryl/α,β-unsaturated/α-hetero) is 1. The first-order valence-corrected chi connectivity index (χ1v) is 9.92. The van der Waals surface area contributed by atoms with Gasteiger partial charge in [-0.3, -0.25) is 4.79 Å². The van der Waals surface area contributed by atoms with Crippen molar-refractivity contribution in [3.63, 3.8) is 0 Å². The minimum Gasteiger partial charge on any atom is -0.493 e. The van der Waals surface area contributed by atoms with Crippen LogP contribution in [0.1, 0.15) is 54.1 Å². The molecule has 2 atom stereocenters. The van der Waals surface area contributed by atoms with Gasteiger partial charge in [-0.1, -0.05) is 36.8 Å². The number of fused-ring (bicyclic) bond motifs is 1. The van der Waals surface area contributed by atoms with Gasteiger partial charge in [0.1, 0.15) is 17.6 Å². The molecule has 1 saturated heterocycles. The van der Waals surface area contributed by atoms with Gasteiger partial charge in [0.2, 0.25) is 0 Å². The lowest BCUT2D eigenvalue weighted by atomic mass is 9.96. The Morgan fingerprint density at radius 3 is 2.81 bits per heavy atom. The highest BCUT2D eigenvalue weighted by atomic mass is 16.5. The molecule has 0 N–H and O–H groups in total. The van der Waals surface area contributed by atoms with Crippen molar-refractivity contribution in [2.75, 3.05) is 20.2 Å². The first-order valence-electron chi connectivity index (χ1n) is 9.92. The summed E-state index contributed by atoms with van der Waals surface area (Å²) in [5.41, 5.74) is 1.68.